The lowest BCUT2D eigenvalue weighted by Crippen LogP contribution is -2.40. The highest BCUT2D eigenvalue weighted by molar-refractivity contribution is 7.90. The second kappa shape index (κ2) is 5.11. The number of rotatable bonds is 3. The van der Waals surface area contributed by atoms with Crippen molar-refractivity contribution in [1.29, 1.82) is 0 Å². The van der Waals surface area contributed by atoms with E-state index in [1.165, 1.54) is 5.56 Å². The van der Waals surface area contributed by atoms with Crippen molar-refractivity contribution in [2.45, 2.75) is 44.9 Å². The van der Waals surface area contributed by atoms with Crippen molar-refractivity contribution in [2.24, 2.45) is 0 Å². The van der Waals surface area contributed by atoms with Crippen molar-refractivity contribution in [3.63, 3.8) is 0 Å². The van der Waals surface area contributed by atoms with E-state index in [4.69, 9.17) is 4.74 Å². The molecule has 0 amide bonds. The van der Waals surface area contributed by atoms with Crippen LogP contribution in [-0.2, 0) is 17.8 Å². The molecule has 2 rings (SSSR count). The van der Waals surface area contributed by atoms with Gasteiger partial charge in [-0.3, -0.25) is 0 Å². The average molecular weight is 267 g/mol. The number of para-hydroxylation sites is 1. The minimum Gasteiger partial charge on any atom is -0.598 e. The Balaban J connectivity index is 2.15. The smallest absolute Gasteiger partial charge is 0.136 e. The summed E-state index contributed by atoms with van der Waals surface area (Å²) in [7, 11) is 0. The zero-order valence-electron chi connectivity index (χ0n) is 11.4. The number of fused-ring (bicyclic) bond motifs is 1. The summed E-state index contributed by atoms with van der Waals surface area (Å²) < 4.78 is 20.7. The molecule has 100 valence electrons. The molecule has 0 bridgehead atoms. The van der Waals surface area contributed by atoms with E-state index in [1.54, 1.807) is 0 Å². The molecule has 0 aromatic heterocycles. The third-order valence-electron chi connectivity index (χ3n) is 3.05. The maximum absolute atomic E-state index is 12.1. The van der Waals surface area contributed by atoms with E-state index in [0.29, 0.717) is 0 Å². The van der Waals surface area contributed by atoms with E-state index >= 15 is 0 Å². The van der Waals surface area contributed by atoms with Crippen molar-refractivity contribution in [3.05, 3.63) is 29.3 Å². The molecule has 0 fully saturated rings. The van der Waals surface area contributed by atoms with Crippen molar-refractivity contribution >= 4 is 11.4 Å². The number of hydrogen-bond donors (Lipinski definition) is 1. The average Bonchev–Trinajstić information content (AvgIpc) is 2.74. The fraction of sp³-hybridized carbons (Fsp3) is 0.571. The Labute approximate surface area is 112 Å². The van der Waals surface area contributed by atoms with E-state index in [-0.39, 0.29) is 10.8 Å². The van der Waals surface area contributed by atoms with Gasteiger partial charge in [-0.1, -0.05) is 18.2 Å². The van der Waals surface area contributed by atoms with E-state index < -0.39 is 11.4 Å². The minimum absolute atomic E-state index is 0.0260. The summed E-state index contributed by atoms with van der Waals surface area (Å²) in [6.45, 7) is 8.68. The third kappa shape index (κ3) is 2.82. The van der Waals surface area contributed by atoms with Gasteiger partial charge in [0.25, 0.3) is 0 Å². The van der Waals surface area contributed by atoms with Crippen LogP contribution in [-0.4, -0.2) is 15.9 Å². The summed E-state index contributed by atoms with van der Waals surface area (Å²) in [6, 6.07) is 6.21. The molecular weight excluding hydrogens is 246 g/mol. The second-order valence-electron chi connectivity index (χ2n) is 5.65. The number of nitrogens with one attached hydrogen (secondary N) is 1. The summed E-state index contributed by atoms with van der Waals surface area (Å²) in [5.41, 5.74) is 2.35. The second-order valence-corrected chi connectivity index (χ2v) is 7.65. The molecule has 0 spiro atoms. The summed E-state index contributed by atoms with van der Waals surface area (Å²) in [5, 5.41) is 0. The van der Waals surface area contributed by atoms with Crippen LogP contribution in [0.4, 0.5) is 0 Å². The number of benzene rings is 1. The predicted octanol–water partition coefficient (Wildman–Crippen LogP) is 2.73. The molecule has 1 aliphatic rings. The van der Waals surface area contributed by atoms with Crippen LogP contribution in [0.5, 0.6) is 5.75 Å². The molecule has 1 heterocycles. The molecule has 2 atom stereocenters. The van der Waals surface area contributed by atoms with Crippen LogP contribution in [0.2, 0.25) is 0 Å². The first kappa shape index (κ1) is 13.7. The Morgan fingerprint density at radius 2 is 2.11 bits per heavy atom. The number of hydrogen-bond acceptors (Lipinski definition) is 3. The molecule has 0 aliphatic carbocycles. The van der Waals surface area contributed by atoms with Gasteiger partial charge in [-0.2, -0.15) is 0 Å². The first-order valence-corrected chi connectivity index (χ1v) is 7.47. The lowest BCUT2D eigenvalue weighted by Gasteiger charge is -2.27. The Morgan fingerprint density at radius 3 is 2.78 bits per heavy atom. The first-order valence-electron chi connectivity index (χ1n) is 6.32. The standard InChI is InChI=1S/C14H21NO2S/c1-10(15-18(16)14(2,3)4)12-7-5-6-11-8-9-17-13(11)12/h5-7,10,15H,8-9H2,1-4H3. The third-order valence-corrected chi connectivity index (χ3v) is 4.73. The molecule has 1 N–H and O–H groups in total. The normalized spacial score (nSPS) is 18.1. The molecule has 0 saturated carbocycles. The zero-order chi connectivity index (χ0) is 13.3. The van der Waals surface area contributed by atoms with Crippen LogP contribution in [0.3, 0.4) is 0 Å². The minimum atomic E-state index is -1.07. The molecule has 1 aromatic carbocycles. The predicted molar refractivity (Wildman–Crippen MR) is 75.1 cm³/mol. The van der Waals surface area contributed by atoms with Crippen LogP contribution < -0.4 is 9.46 Å². The summed E-state index contributed by atoms with van der Waals surface area (Å²) >= 11 is -1.07. The van der Waals surface area contributed by atoms with Crippen molar-refractivity contribution < 1.29 is 9.29 Å². The van der Waals surface area contributed by atoms with Crippen LogP contribution in [0.1, 0.15) is 44.9 Å². The fourth-order valence-corrected chi connectivity index (χ4v) is 2.78. The maximum Gasteiger partial charge on any atom is 0.136 e. The Hall–Kier alpha value is -0.710. The topological polar surface area (TPSA) is 44.3 Å². The summed E-state index contributed by atoms with van der Waals surface area (Å²) in [5.74, 6) is 0.975. The molecule has 4 heteroatoms. The van der Waals surface area contributed by atoms with Gasteiger partial charge in [0.2, 0.25) is 0 Å². The SMILES string of the molecule is CC(N[S+]([O-])C(C)(C)C)c1cccc2c1OCC2. The van der Waals surface area contributed by atoms with Gasteiger partial charge in [0.05, 0.1) is 12.6 Å². The Kier molecular flexibility index (Phi) is 3.90. The van der Waals surface area contributed by atoms with E-state index in [1.807, 2.05) is 39.8 Å². The van der Waals surface area contributed by atoms with Gasteiger partial charge in [0, 0.05) is 23.3 Å². The van der Waals surface area contributed by atoms with Crippen LogP contribution >= 0.6 is 0 Å². The largest absolute Gasteiger partial charge is 0.598 e. The molecule has 2 unspecified atom stereocenters. The molecular formula is C14H21NO2S. The molecule has 0 radical (unpaired) electrons. The zero-order valence-corrected chi connectivity index (χ0v) is 12.3. The fourth-order valence-electron chi connectivity index (χ4n) is 1.98. The highest BCUT2D eigenvalue weighted by Crippen LogP contribution is 2.34. The molecule has 18 heavy (non-hydrogen) atoms. The quantitative estimate of drug-likeness (QED) is 0.856. The van der Waals surface area contributed by atoms with E-state index in [9.17, 15) is 4.55 Å². The Bertz CT molecular complexity index is 428. The monoisotopic (exact) mass is 267 g/mol. The van der Waals surface area contributed by atoms with Crippen molar-refractivity contribution in [2.75, 3.05) is 6.61 Å². The van der Waals surface area contributed by atoms with Crippen molar-refractivity contribution in [3.8, 4) is 5.75 Å². The van der Waals surface area contributed by atoms with E-state index in [2.05, 4.69) is 10.8 Å². The molecule has 0 saturated heterocycles. The van der Waals surface area contributed by atoms with Crippen LogP contribution in [0.15, 0.2) is 18.2 Å². The first-order chi connectivity index (χ1) is 8.39. The summed E-state index contributed by atoms with van der Waals surface area (Å²) in [6.07, 6.45) is 0.970. The highest BCUT2D eigenvalue weighted by atomic mass is 32.2. The molecule has 1 aromatic rings. The van der Waals surface area contributed by atoms with Gasteiger partial charge in [0.1, 0.15) is 10.5 Å². The molecule has 1 aliphatic heterocycles. The highest BCUT2D eigenvalue weighted by Gasteiger charge is 2.30. The molecule has 3 nitrogen and oxygen atoms in total. The van der Waals surface area contributed by atoms with Gasteiger partial charge >= 0.3 is 0 Å². The lowest BCUT2D eigenvalue weighted by atomic mass is 10.0. The van der Waals surface area contributed by atoms with Crippen molar-refractivity contribution in [1.82, 2.24) is 4.72 Å². The number of ether oxygens (including phenoxy) is 1. The van der Waals surface area contributed by atoms with Crippen LogP contribution in [0.25, 0.3) is 0 Å². The van der Waals surface area contributed by atoms with E-state index in [0.717, 1.165) is 24.3 Å². The van der Waals surface area contributed by atoms with Crippen LogP contribution in [0, 0.1) is 0 Å². The Morgan fingerprint density at radius 1 is 1.39 bits per heavy atom. The maximum atomic E-state index is 12.1. The summed E-state index contributed by atoms with van der Waals surface area (Å²) in [4.78, 5) is 0. The van der Waals surface area contributed by atoms with Gasteiger partial charge < -0.3 is 9.29 Å². The van der Waals surface area contributed by atoms with Gasteiger partial charge in [-0.05, 0) is 33.3 Å². The van der Waals surface area contributed by atoms with Gasteiger partial charge in [-0.15, -0.1) is 4.72 Å². The van der Waals surface area contributed by atoms with Gasteiger partial charge in [-0.25, -0.2) is 0 Å². The lowest BCUT2D eigenvalue weighted by molar-refractivity contribution is 0.351. The van der Waals surface area contributed by atoms with Gasteiger partial charge in [0.15, 0.2) is 0 Å².